The number of benzene rings is 1. The molecule has 0 unspecified atom stereocenters. The maximum atomic E-state index is 2.44. The Bertz CT molecular complexity index is 319. The van der Waals surface area contributed by atoms with E-state index in [0.29, 0.717) is 5.41 Å². The van der Waals surface area contributed by atoms with E-state index in [-0.39, 0.29) is 0 Å². The minimum atomic E-state index is 0.369. The summed E-state index contributed by atoms with van der Waals surface area (Å²) in [7, 11) is 2.22. The average molecular weight is 203 g/mol. The molecule has 1 nitrogen and oxygen atoms in total. The molecule has 1 aromatic rings. The van der Waals surface area contributed by atoms with E-state index < -0.39 is 0 Å². The molecule has 1 aliphatic rings. The number of nitrogens with zero attached hydrogens (tertiary/aromatic N) is 1. The second kappa shape index (κ2) is 3.97. The lowest BCUT2D eigenvalue weighted by Gasteiger charge is -2.44. The van der Waals surface area contributed by atoms with E-state index in [1.165, 1.54) is 25.1 Å². The fourth-order valence-electron chi connectivity index (χ4n) is 2.68. The van der Waals surface area contributed by atoms with Crippen LogP contribution in [0.4, 0.5) is 0 Å². The van der Waals surface area contributed by atoms with Crippen molar-refractivity contribution in [2.45, 2.75) is 25.7 Å². The zero-order valence-electron chi connectivity index (χ0n) is 10.0. The summed E-state index contributed by atoms with van der Waals surface area (Å²) in [6.07, 6.45) is 1.27. The Morgan fingerprint density at radius 1 is 1.27 bits per heavy atom. The summed E-state index contributed by atoms with van der Waals surface area (Å²) in [6.45, 7) is 7.23. The number of hydrogen-bond donors (Lipinski definition) is 0. The maximum absolute atomic E-state index is 2.44. The van der Waals surface area contributed by atoms with Gasteiger partial charge in [0.05, 0.1) is 0 Å². The summed E-state index contributed by atoms with van der Waals surface area (Å²) >= 11 is 0. The van der Waals surface area contributed by atoms with Crippen LogP contribution in [0.3, 0.4) is 0 Å². The Labute approximate surface area is 93.1 Å². The van der Waals surface area contributed by atoms with Crippen LogP contribution in [-0.4, -0.2) is 25.0 Å². The molecule has 1 heteroatoms. The van der Waals surface area contributed by atoms with Crippen LogP contribution in [0, 0.1) is 5.92 Å². The van der Waals surface area contributed by atoms with Crippen LogP contribution in [0.15, 0.2) is 30.3 Å². The van der Waals surface area contributed by atoms with Gasteiger partial charge in [0.1, 0.15) is 0 Å². The SMILES string of the molecule is C[C@H]1CN(C)CC[C@@]1(C)c1ccccc1. The van der Waals surface area contributed by atoms with Crippen molar-refractivity contribution in [2.24, 2.45) is 5.92 Å². The Kier molecular flexibility index (Phi) is 2.83. The largest absolute Gasteiger partial charge is 0.306 e. The van der Waals surface area contributed by atoms with E-state index in [1.54, 1.807) is 0 Å². The van der Waals surface area contributed by atoms with Crippen LogP contribution < -0.4 is 0 Å². The molecule has 0 saturated carbocycles. The van der Waals surface area contributed by atoms with E-state index in [2.05, 4.69) is 56.1 Å². The van der Waals surface area contributed by atoms with Gasteiger partial charge in [0.15, 0.2) is 0 Å². The van der Waals surface area contributed by atoms with Crippen molar-refractivity contribution >= 4 is 0 Å². The molecule has 1 fully saturated rings. The van der Waals surface area contributed by atoms with Crippen molar-refractivity contribution in [1.82, 2.24) is 4.90 Å². The van der Waals surface area contributed by atoms with Crippen LogP contribution in [0.2, 0.25) is 0 Å². The minimum absolute atomic E-state index is 0.369. The van der Waals surface area contributed by atoms with Gasteiger partial charge in [0.2, 0.25) is 0 Å². The first-order chi connectivity index (χ1) is 7.13. The first kappa shape index (κ1) is 10.7. The highest BCUT2D eigenvalue weighted by Gasteiger charge is 2.36. The first-order valence-corrected chi connectivity index (χ1v) is 5.87. The molecule has 1 heterocycles. The normalized spacial score (nSPS) is 32.9. The molecule has 2 atom stereocenters. The van der Waals surface area contributed by atoms with Crippen molar-refractivity contribution < 1.29 is 0 Å². The summed E-state index contributed by atoms with van der Waals surface area (Å²) in [5, 5.41) is 0. The van der Waals surface area contributed by atoms with Crippen LogP contribution in [-0.2, 0) is 5.41 Å². The fourth-order valence-corrected chi connectivity index (χ4v) is 2.68. The molecule has 0 bridgehead atoms. The van der Waals surface area contributed by atoms with E-state index in [0.717, 1.165) is 5.92 Å². The highest BCUT2D eigenvalue weighted by atomic mass is 15.1. The number of likely N-dealkylation sites (tertiary alicyclic amines) is 1. The van der Waals surface area contributed by atoms with Crippen molar-refractivity contribution in [3.63, 3.8) is 0 Å². The van der Waals surface area contributed by atoms with Gasteiger partial charge in [-0.1, -0.05) is 44.2 Å². The standard InChI is InChI=1S/C14H21N/c1-12-11-15(3)10-9-14(12,2)13-7-5-4-6-8-13/h4-8,12H,9-11H2,1-3H3/t12-,14+/m0/s1. The minimum Gasteiger partial charge on any atom is -0.306 e. The van der Waals surface area contributed by atoms with E-state index in [9.17, 15) is 0 Å². The summed E-state index contributed by atoms with van der Waals surface area (Å²) in [5.74, 6) is 0.735. The highest BCUT2D eigenvalue weighted by molar-refractivity contribution is 5.26. The summed E-state index contributed by atoms with van der Waals surface area (Å²) < 4.78 is 0. The zero-order chi connectivity index (χ0) is 10.9. The third-order valence-electron chi connectivity index (χ3n) is 4.12. The molecular formula is C14H21N. The molecular weight excluding hydrogens is 182 g/mol. The molecule has 0 radical (unpaired) electrons. The molecule has 0 aromatic heterocycles. The maximum Gasteiger partial charge on any atom is 0.00124 e. The van der Waals surface area contributed by atoms with E-state index in [4.69, 9.17) is 0 Å². The third-order valence-corrected chi connectivity index (χ3v) is 4.12. The Morgan fingerprint density at radius 2 is 1.93 bits per heavy atom. The van der Waals surface area contributed by atoms with Crippen LogP contribution in [0.25, 0.3) is 0 Å². The Morgan fingerprint density at radius 3 is 2.53 bits per heavy atom. The van der Waals surface area contributed by atoms with Gasteiger partial charge in [-0.25, -0.2) is 0 Å². The predicted molar refractivity (Wildman–Crippen MR) is 65.1 cm³/mol. The molecule has 0 spiro atoms. The molecule has 2 rings (SSSR count). The molecule has 0 aliphatic carbocycles. The average Bonchev–Trinajstić information content (AvgIpc) is 2.25. The Hall–Kier alpha value is -0.820. The van der Waals surface area contributed by atoms with Crippen molar-refractivity contribution in [3.05, 3.63) is 35.9 Å². The van der Waals surface area contributed by atoms with Crippen LogP contribution >= 0.6 is 0 Å². The second-order valence-corrected chi connectivity index (χ2v) is 5.20. The molecule has 1 aliphatic heterocycles. The van der Waals surface area contributed by atoms with Crippen LogP contribution in [0.5, 0.6) is 0 Å². The van der Waals surface area contributed by atoms with Crippen LogP contribution in [0.1, 0.15) is 25.8 Å². The van der Waals surface area contributed by atoms with Gasteiger partial charge >= 0.3 is 0 Å². The molecule has 15 heavy (non-hydrogen) atoms. The lowest BCUT2D eigenvalue weighted by molar-refractivity contribution is 0.134. The van der Waals surface area contributed by atoms with Gasteiger partial charge in [-0.2, -0.15) is 0 Å². The predicted octanol–water partition coefficient (Wildman–Crippen LogP) is 2.92. The highest BCUT2D eigenvalue weighted by Crippen LogP contribution is 2.38. The second-order valence-electron chi connectivity index (χ2n) is 5.20. The first-order valence-electron chi connectivity index (χ1n) is 5.87. The lowest BCUT2D eigenvalue weighted by Crippen LogP contribution is -2.45. The molecule has 0 amide bonds. The third kappa shape index (κ3) is 1.93. The van der Waals surface area contributed by atoms with Gasteiger partial charge < -0.3 is 4.90 Å². The fraction of sp³-hybridized carbons (Fsp3) is 0.571. The molecule has 0 N–H and O–H groups in total. The van der Waals surface area contributed by atoms with Gasteiger partial charge in [-0.15, -0.1) is 0 Å². The van der Waals surface area contributed by atoms with Gasteiger partial charge in [-0.05, 0) is 36.9 Å². The van der Waals surface area contributed by atoms with Crippen molar-refractivity contribution in [1.29, 1.82) is 0 Å². The number of piperidine rings is 1. The monoisotopic (exact) mass is 203 g/mol. The molecule has 82 valence electrons. The molecule has 1 saturated heterocycles. The van der Waals surface area contributed by atoms with Gasteiger partial charge in [0, 0.05) is 6.54 Å². The van der Waals surface area contributed by atoms with Gasteiger partial charge in [-0.3, -0.25) is 0 Å². The summed E-state index contributed by atoms with van der Waals surface area (Å²) in [6, 6.07) is 11.0. The summed E-state index contributed by atoms with van der Waals surface area (Å²) in [4.78, 5) is 2.44. The smallest absolute Gasteiger partial charge is 0.00124 e. The zero-order valence-corrected chi connectivity index (χ0v) is 10.0. The molecule has 1 aromatic carbocycles. The van der Waals surface area contributed by atoms with Gasteiger partial charge in [0.25, 0.3) is 0 Å². The lowest BCUT2D eigenvalue weighted by atomic mass is 9.68. The number of rotatable bonds is 1. The quantitative estimate of drug-likeness (QED) is 0.678. The van der Waals surface area contributed by atoms with E-state index >= 15 is 0 Å². The topological polar surface area (TPSA) is 3.24 Å². The van der Waals surface area contributed by atoms with E-state index in [1.807, 2.05) is 0 Å². The Balaban J connectivity index is 2.27. The summed E-state index contributed by atoms with van der Waals surface area (Å²) in [5.41, 5.74) is 1.87. The van der Waals surface area contributed by atoms with Crippen molar-refractivity contribution in [2.75, 3.05) is 20.1 Å². The van der Waals surface area contributed by atoms with Crippen molar-refractivity contribution in [3.8, 4) is 0 Å². The number of hydrogen-bond acceptors (Lipinski definition) is 1.